The Kier molecular flexibility index (Phi) is 4.47. The number of aryl methyl sites for hydroxylation is 2. The largest absolute Gasteiger partial charge is 0.416 e. The topological polar surface area (TPSA) is 30.7 Å². The number of hydrogen-bond acceptors (Lipinski definition) is 2. The molecule has 2 aromatic rings. The van der Waals surface area contributed by atoms with Gasteiger partial charge in [-0.05, 0) is 44.0 Å². The number of alkyl halides is 4. The van der Waals surface area contributed by atoms with Gasteiger partial charge < -0.3 is 0 Å². The lowest BCUT2D eigenvalue weighted by atomic mass is 10.2. The summed E-state index contributed by atoms with van der Waals surface area (Å²) < 4.78 is 37.5. The predicted octanol–water partition coefficient (Wildman–Crippen LogP) is 3.92. The van der Waals surface area contributed by atoms with Gasteiger partial charge in [0.25, 0.3) is 0 Å². The Hall–Kier alpha value is -1.37. The van der Waals surface area contributed by atoms with Crippen molar-refractivity contribution in [3.05, 3.63) is 41.2 Å². The van der Waals surface area contributed by atoms with E-state index in [4.69, 9.17) is 0 Å². The molecule has 0 spiro atoms. The monoisotopic (exact) mass is 347 g/mol. The molecule has 0 bridgehead atoms. The number of aromatic nitrogens is 3. The Morgan fingerprint density at radius 2 is 1.80 bits per heavy atom. The Morgan fingerprint density at radius 3 is 2.35 bits per heavy atom. The summed E-state index contributed by atoms with van der Waals surface area (Å²) in [5, 5.41) is 9.42. The second-order valence-electron chi connectivity index (χ2n) is 4.36. The van der Waals surface area contributed by atoms with Crippen LogP contribution in [0.4, 0.5) is 13.2 Å². The second kappa shape index (κ2) is 5.95. The third-order valence-electron chi connectivity index (χ3n) is 2.85. The van der Waals surface area contributed by atoms with Crippen molar-refractivity contribution < 1.29 is 13.2 Å². The van der Waals surface area contributed by atoms with Crippen molar-refractivity contribution in [1.29, 1.82) is 0 Å². The van der Waals surface area contributed by atoms with Gasteiger partial charge >= 0.3 is 6.18 Å². The van der Waals surface area contributed by atoms with E-state index < -0.39 is 11.7 Å². The average molecular weight is 348 g/mol. The van der Waals surface area contributed by atoms with Crippen LogP contribution in [0.1, 0.15) is 23.4 Å². The summed E-state index contributed by atoms with van der Waals surface area (Å²) in [4.78, 5) is 1.37. The van der Waals surface area contributed by atoms with Gasteiger partial charge in [0.1, 0.15) is 0 Å². The number of halogens is 4. The Bertz CT molecular complexity index is 576. The molecular weight excluding hydrogens is 335 g/mol. The van der Waals surface area contributed by atoms with Crippen molar-refractivity contribution in [3.63, 3.8) is 0 Å². The minimum Gasteiger partial charge on any atom is -0.166 e. The van der Waals surface area contributed by atoms with Crippen LogP contribution >= 0.6 is 15.9 Å². The summed E-state index contributed by atoms with van der Waals surface area (Å²) in [5.74, 6) is 0. The van der Waals surface area contributed by atoms with E-state index in [1.807, 2.05) is 6.92 Å². The van der Waals surface area contributed by atoms with Crippen LogP contribution in [-0.2, 0) is 12.6 Å². The van der Waals surface area contributed by atoms with Crippen molar-refractivity contribution in [2.75, 3.05) is 5.33 Å². The molecule has 0 fully saturated rings. The van der Waals surface area contributed by atoms with Gasteiger partial charge in [0.15, 0.2) is 0 Å². The zero-order chi connectivity index (χ0) is 14.8. The Morgan fingerprint density at radius 1 is 1.15 bits per heavy atom. The molecule has 3 nitrogen and oxygen atoms in total. The maximum atomic E-state index is 12.5. The molecule has 0 aliphatic rings. The highest BCUT2D eigenvalue weighted by atomic mass is 79.9. The highest BCUT2D eigenvalue weighted by Crippen LogP contribution is 2.29. The first kappa shape index (κ1) is 15.0. The van der Waals surface area contributed by atoms with E-state index >= 15 is 0 Å². The molecule has 1 heterocycles. The van der Waals surface area contributed by atoms with Crippen LogP contribution in [0, 0.1) is 6.92 Å². The maximum absolute atomic E-state index is 12.5. The number of rotatable bonds is 4. The van der Waals surface area contributed by atoms with Crippen molar-refractivity contribution in [1.82, 2.24) is 15.0 Å². The molecule has 2 rings (SSSR count). The molecule has 0 atom stereocenters. The smallest absolute Gasteiger partial charge is 0.166 e. The van der Waals surface area contributed by atoms with E-state index in [2.05, 4.69) is 26.1 Å². The maximum Gasteiger partial charge on any atom is 0.416 e. The number of hydrogen-bond donors (Lipinski definition) is 0. The van der Waals surface area contributed by atoms with Crippen LogP contribution in [-0.4, -0.2) is 20.3 Å². The number of nitrogens with zero attached hydrogens (tertiary/aromatic N) is 3. The minimum absolute atomic E-state index is 0.520. The molecule has 20 heavy (non-hydrogen) atoms. The van der Waals surface area contributed by atoms with Gasteiger partial charge in [-0.25, -0.2) is 0 Å². The fraction of sp³-hybridized carbons (Fsp3) is 0.385. The molecule has 108 valence electrons. The van der Waals surface area contributed by atoms with Crippen molar-refractivity contribution in [2.24, 2.45) is 0 Å². The summed E-state index contributed by atoms with van der Waals surface area (Å²) in [6.45, 7) is 1.84. The zero-order valence-corrected chi connectivity index (χ0v) is 12.4. The minimum atomic E-state index is -4.33. The summed E-state index contributed by atoms with van der Waals surface area (Å²) in [5.41, 5.74) is 1.51. The summed E-state index contributed by atoms with van der Waals surface area (Å²) in [6, 6.07) is 4.81. The van der Waals surface area contributed by atoms with Gasteiger partial charge in [0.05, 0.1) is 22.6 Å². The van der Waals surface area contributed by atoms with Crippen molar-refractivity contribution >= 4 is 15.9 Å². The molecule has 0 amide bonds. The lowest BCUT2D eigenvalue weighted by Crippen LogP contribution is -2.06. The standard InChI is InChI=1S/C13H13BrF3N3/c1-9-12(3-2-8-14)19-20(18-9)11-6-4-10(5-7-11)13(15,16)17/h4-7H,2-3,8H2,1H3. The van der Waals surface area contributed by atoms with Crippen LogP contribution in [0.25, 0.3) is 5.69 Å². The highest BCUT2D eigenvalue weighted by Gasteiger charge is 2.30. The zero-order valence-electron chi connectivity index (χ0n) is 10.8. The van der Waals surface area contributed by atoms with Crippen molar-refractivity contribution in [3.8, 4) is 5.69 Å². The van der Waals surface area contributed by atoms with E-state index in [1.54, 1.807) is 0 Å². The first-order valence-corrected chi connectivity index (χ1v) is 7.20. The first-order chi connectivity index (χ1) is 9.41. The molecular formula is C13H13BrF3N3. The molecule has 7 heteroatoms. The van der Waals surface area contributed by atoms with Crippen molar-refractivity contribution in [2.45, 2.75) is 25.9 Å². The number of benzene rings is 1. The molecule has 0 aliphatic carbocycles. The molecule has 0 saturated carbocycles. The summed E-state index contributed by atoms with van der Waals surface area (Å²) in [7, 11) is 0. The van der Waals surface area contributed by atoms with Crippen LogP contribution in [0.5, 0.6) is 0 Å². The van der Waals surface area contributed by atoms with E-state index in [0.717, 1.165) is 41.7 Å². The normalized spacial score (nSPS) is 11.8. The molecule has 0 radical (unpaired) electrons. The van der Waals surface area contributed by atoms with Gasteiger partial charge in [0, 0.05) is 5.33 Å². The highest BCUT2D eigenvalue weighted by molar-refractivity contribution is 9.09. The molecule has 1 aromatic heterocycles. The quantitative estimate of drug-likeness (QED) is 0.784. The van der Waals surface area contributed by atoms with Gasteiger partial charge in [-0.15, -0.1) is 0 Å². The lowest BCUT2D eigenvalue weighted by Gasteiger charge is -2.06. The summed E-state index contributed by atoms with van der Waals surface area (Å²) in [6.07, 6.45) is -2.60. The Balaban J connectivity index is 2.24. The van der Waals surface area contributed by atoms with Gasteiger partial charge in [0.2, 0.25) is 0 Å². The molecule has 0 N–H and O–H groups in total. The first-order valence-electron chi connectivity index (χ1n) is 6.08. The van der Waals surface area contributed by atoms with Crippen LogP contribution in [0.3, 0.4) is 0 Å². The van der Waals surface area contributed by atoms with E-state index in [-0.39, 0.29) is 0 Å². The fourth-order valence-corrected chi connectivity index (χ4v) is 2.05. The third-order valence-corrected chi connectivity index (χ3v) is 3.41. The molecule has 0 saturated heterocycles. The molecule has 0 aliphatic heterocycles. The molecule has 1 aromatic carbocycles. The average Bonchev–Trinajstić information content (AvgIpc) is 2.77. The SMILES string of the molecule is Cc1nn(-c2ccc(C(F)(F)F)cc2)nc1CCCBr. The van der Waals surface area contributed by atoms with Crippen LogP contribution in [0.2, 0.25) is 0 Å². The fourth-order valence-electron chi connectivity index (χ4n) is 1.77. The predicted molar refractivity (Wildman–Crippen MR) is 73.2 cm³/mol. The molecule has 0 unspecified atom stereocenters. The summed E-state index contributed by atoms with van der Waals surface area (Å²) >= 11 is 3.35. The van der Waals surface area contributed by atoms with Gasteiger partial charge in [-0.2, -0.15) is 28.2 Å². The van der Waals surface area contributed by atoms with Gasteiger partial charge in [-0.3, -0.25) is 0 Å². The Labute approximate surface area is 122 Å². The van der Waals surface area contributed by atoms with E-state index in [9.17, 15) is 13.2 Å². The van der Waals surface area contributed by atoms with Gasteiger partial charge in [-0.1, -0.05) is 15.9 Å². The van der Waals surface area contributed by atoms with E-state index in [1.165, 1.54) is 16.9 Å². The van der Waals surface area contributed by atoms with Crippen LogP contribution in [0.15, 0.2) is 24.3 Å². The third kappa shape index (κ3) is 3.39. The second-order valence-corrected chi connectivity index (χ2v) is 5.15. The van der Waals surface area contributed by atoms with Crippen LogP contribution < -0.4 is 0 Å². The lowest BCUT2D eigenvalue weighted by molar-refractivity contribution is -0.137. The van der Waals surface area contributed by atoms with E-state index in [0.29, 0.717) is 5.69 Å².